The van der Waals surface area contributed by atoms with E-state index in [1.54, 1.807) is 6.20 Å². The standard InChI is InChI=1S/C9H7BrN2/c1-6-5-7-3-2-4-11-8(7)9(10)12-6/h2-5H,1H3. The summed E-state index contributed by atoms with van der Waals surface area (Å²) in [5.74, 6) is 0. The van der Waals surface area contributed by atoms with Crippen molar-refractivity contribution in [2.45, 2.75) is 6.92 Å². The molecule has 0 aliphatic rings. The third kappa shape index (κ3) is 1.20. The average molecular weight is 223 g/mol. The van der Waals surface area contributed by atoms with Gasteiger partial charge in [-0.25, -0.2) is 4.98 Å². The lowest BCUT2D eigenvalue weighted by atomic mass is 10.2. The number of fused-ring (bicyclic) bond motifs is 1. The molecule has 0 aromatic carbocycles. The summed E-state index contributed by atoms with van der Waals surface area (Å²) in [6.45, 7) is 1.97. The minimum Gasteiger partial charge on any atom is -0.253 e. The van der Waals surface area contributed by atoms with E-state index >= 15 is 0 Å². The Bertz CT molecular complexity index is 426. The van der Waals surface area contributed by atoms with Gasteiger partial charge in [0.25, 0.3) is 0 Å². The van der Waals surface area contributed by atoms with Crippen molar-refractivity contribution in [3.63, 3.8) is 0 Å². The van der Waals surface area contributed by atoms with E-state index in [4.69, 9.17) is 0 Å². The van der Waals surface area contributed by atoms with Crippen LogP contribution in [0.2, 0.25) is 0 Å². The lowest BCUT2D eigenvalue weighted by Crippen LogP contribution is -1.86. The first kappa shape index (κ1) is 7.68. The molecule has 0 aliphatic heterocycles. The second-order valence-electron chi connectivity index (χ2n) is 2.63. The number of hydrogen-bond donors (Lipinski definition) is 0. The molecule has 0 saturated heterocycles. The Morgan fingerprint density at radius 1 is 1.42 bits per heavy atom. The Morgan fingerprint density at radius 3 is 3.08 bits per heavy atom. The zero-order valence-corrected chi connectivity index (χ0v) is 8.17. The number of pyridine rings is 2. The van der Waals surface area contributed by atoms with Gasteiger partial charge in [0, 0.05) is 17.3 Å². The van der Waals surface area contributed by atoms with Gasteiger partial charge in [0.15, 0.2) is 0 Å². The van der Waals surface area contributed by atoms with E-state index < -0.39 is 0 Å². The summed E-state index contributed by atoms with van der Waals surface area (Å²) in [4.78, 5) is 8.47. The van der Waals surface area contributed by atoms with Crippen molar-refractivity contribution in [2.75, 3.05) is 0 Å². The van der Waals surface area contributed by atoms with E-state index in [1.165, 1.54) is 0 Å². The van der Waals surface area contributed by atoms with Crippen LogP contribution in [0.4, 0.5) is 0 Å². The Hall–Kier alpha value is -0.960. The summed E-state index contributed by atoms with van der Waals surface area (Å²) in [6.07, 6.45) is 1.77. The first-order chi connectivity index (χ1) is 5.77. The van der Waals surface area contributed by atoms with Gasteiger partial charge < -0.3 is 0 Å². The van der Waals surface area contributed by atoms with Gasteiger partial charge in [-0.05, 0) is 35.0 Å². The van der Waals surface area contributed by atoms with Crippen molar-refractivity contribution in [3.05, 3.63) is 34.7 Å². The Balaban J connectivity index is 2.89. The summed E-state index contributed by atoms with van der Waals surface area (Å²) >= 11 is 3.37. The minimum absolute atomic E-state index is 0.818. The van der Waals surface area contributed by atoms with Crippen LogP contribution < -0.4 is 0 Å². The summed E-state index contributed by atoms with van der Waals surface area (Å²) in [5, 5.41) is 1.12. The van der Waals surface area contributed by atoms with Gasteiger partial charge in [-0.15, -0.1) is 0 Å². The van der Waals surface area contributed by atoms with E-state index in [9.17, 15) is 0 Å². The van der Waals surface area contributed by atoms with Crippen molar-refractivity contribution in [2.24, 2.45) is 0 Å². The Labute approximate surface area is 78.8 Å². The molecule has 0 aliphatic carbocycles. The van der Waals surface area contributed by atoms with Gasteiger partial charge in [0.1, 0.15) is 10.1 Å². The molecule has 0 unspecified atom stereocenters. The Kier molecular flexibility index (Phi) is 1.81. The van der Waals surface area contributed by atoms with E-state index in [2.05, 4.69) is 25.9 Å². The van der Waals surface area contributed by atoms with Crippen molar-refractivity contribution >= 4 is 26.8 Å². The highest BCUT2D eigenvalue weighted by Gasteiger charge is 2.00. The highest BCUT2D eigenvalue weighted by atomic mass is 79.9. The number of hydrogen-bond acceptors (Lipinski definition) is 2. The monoisotopic (exact) mass is 222 g/mol. The predicted molar refractivity (Wildman–Crippen MR) is 52.0 cm³/mol. The van der Waals surface area contributed by atoms with Crippen LogP contribution in [0.3, 0.4) is 0 Å². The van der Waals surface area contributed by atoms with Crippen molar-refractivity contribution in [3.8, 4) is 0 Å². The summed E-state index contributed by atoms with van der Waals surface area (Å²) in [5.41, 5.74) is 1.92. The topological polar surface area (TPSA) is 25.8 Å². The fourth-order valence-electron chi connectivity index (χ4n) is 1.17. The maximum Gasteiger partial charge on any atom is 0.132 e. The second kappa shape index (κ2) is 2.83. The quantitative estimate of drug-likeness (QED) is 0.641. The van der Waals surface area contributed by atoms with Gasteiger partial charge in [-0.1, -0.05) is 6.07 Å². The van der Waals surface area contributed by atoms with Crippen LogP contribution in [0.25, 0.3) is 10.9 Å². The molecule has 2 heterocycles. The molecular formula is C9H7BrN2. The summed E-state index contributed by atoms with van der Waals surface area (Å²) in [7, 11) is 0. The lowest BCUT2D eigenvalue weighted by molar-refractivity contribution is 1.18. The molecule has 3 heteroatoms. The maximum atomic E-state index is 4.26. The van der Waals surface area contributed by atoms with Crippen LogP contribution in [-0.4, -0.2) is 9.97 Å². The summed E-state index contributed by atoms with van der Waals surface area (Å²) < 4.78 is 0.818. The van der Waals surface area contributed by atoms with E-state index in [0.29, 0.717) is 0 Å². The van der Waals surface area contributed by atoms with E-state index in [1.807, 2.05) is 25.1 Å². The van der Waals surface area contributed by atoms with Crippen LogP contribution >= 0.6 is 15.9 Å². The molecule has 2 aromatic heterocycles. The molecule has 12 heavy (non-hydrogen) atoms. The maximum absolute atomic E-state index is 4.26. The average Bonchev–Trinajstić information content (AvgIpc) is 2.04. The third-order valence-corrected chi connectivity index (χ3v) is 2.23. The fourth-order valence-corrected chi connectivity index (χ4v) is 1.78. The molecule has 2 aromatic rings. The van der Waals surface area contributed by atoms with Crippen LogP contribution in [0.5, 0.6) is 0 Å². The number of aryl methyl sites for hydroxylation is 1. The SMILES string of the molecule is Cc1cc2cccnc2c(Br)n1. The fraction of sp³-hybridized carbons (Fsp3) is 0.111. The van der Waals surface area contributed by atoms with E-state index in [0.717, 1.165) is 21.2 Å². The molecule has 0 saturated carbocycles. The minimum atomic E-state index is 0.818. The highest BCUT2D eigenvalue weighted by molar-refractivity contribution is 9.10. The number of halogens is 1. The first-order valence-electron chi connectivity index (χ1n) is 3.65. The molecule has 2 nitrogen and oxygen atoms in total. The normalized spacial score (nSPS) is 10.5. The van der Waals surface area contributed by atoms with Gasteiger partial charge >= 0.3 is 0 Å². The Morgan fingerprint density at radius 2 is 2.25 bits per heavy atom. The summed E-state index contributed by atoms with van der Waals surface area (Å²) in [6, 6.07) is 5.98. The molecule has 0 bridgehead atoms. The van der Waals surface area contributed by atoms with Gasteiger partial charge in [0.05, 0.1) is 0 Å². The second-order valence-corrected chi connectivity index (χ2v) is 3.38. The number of aromatic nitrogens is 2. The molecule has 0 radical (unpaired) electrons. The van der Waals surface area contributed by atoms with Gasteiger partial charge in [-0.2, -0.15) is 0 Å². The van der Waals surface area contributed by atoms with Crippen LogP contribution in [0, 0.1) is 6.92 Å². The number of nitrogens with zero attached hydrogens (tertiary/aromatic N) is 2. The largest absolute Gasteiger partial charge is 0.253 e. The molecule has 0 N–H and O–H groups in total. The van der Waals surface area contributed by atoms with Crippen LogP contribution in [0.1, 0.15) is 5.69 Å². The molecule has 2 rings (SSSR count). The third-order valence-electron chi connectivity index (χ3n) is 1.67. The zero-order chi connectivity index (χ0) is 8.55. The first-order valence-corrected chi connectivity index (χ1v) is 4.44. The predicted octanol–water partition coefficient (Wildman–Crippen LogP) is 2.70. The van der Waals surface area contributed by atoms with Crippen LogP contribution in [-0.2, 0) is 0 Å². The molecular weight excluding hydrogens is 216 g/mol. The number of rotatable bonds is 0. The smallest absolute Gasteiger partial charge is 0.132 e. The van der Waals surface area contributed by atoms with E-state index in [-0.39, 0.29) is 0 Å². The van der Waals surface area contributed by atoms with Gasteiger partial charge in [0.2, 0.25) is 0 Å². The lowest BCUT2D eigenvalue weighted by Gasteiger charge is -1.99. The van der Waals surface area contributed by atoms with Crippen molar-refractivity contribution in [1.29, 1.82) is 0 Å². The van der Waals surface area contributed by atoms with Gasteiger partial charge in [-0.3, -0.25) is 4.98 Å². The van der Waals surface area contributed by atoms with Crippen molar-refractivity contribution in [1.82, 2.24) is 9.97 Å². The highest BCUT2D eigenvalue weighted by Crippen LogP contribution is 2.19. The molecule has 0 fully saturated rings. The molecule has 0 amide bonds. The van der Waals surface area contributed by atoms with Crippen molar-refractivity contribution < 1.29 is 0 Å². The van der Waals surface area contributed by atoms with Crippen LogP contribution in [0.15, 0.2) is 29.0 Å². The zero-order valence-electron chi connectivity index (χ0n) is 6.58. The molecule has 60 valence electrons. The molecule has 0 atom stereocenters. The molecule has 0 spiro atoms.